The Morgan fingerprint density at radius 1 is 0.964 bits per heavy atom. The number of sulfonamides is 1. The van der Waals surface area contributed by atoms with Crippen LogP contribution in [0.1, 0.15) is 18.4 Å². The quantitative estimate of drug-likeness (QED) is 0.707. The van der Waals surface area contributed by atoms with Crippen molar-refractivity contribution in [3.8, 4) is 11.5 Å². The number of methoxy groups -OCH3 is 2. The average Bonchev–Trinajstić information content (AvgIpc) is 3.04. The molecule has 0 aromatic heterocycles. The van der Waals surface area contributed by atoms with E-state index in [1.54, 1.807) is 18.2 Å². The Labute approximate surface area is 163 Å². The van der Waals surface area contributed by atoms with Gasteiger partial charge in [-0.05, 0) is 30.3 Å². The molecule has 28 heavy (non-hydrogen) atoms. The molecule has 8 nitrogen and oxygen atoms in total. The van der Waals surface area contributed by atoms with Crippen LogP contribution in [0.15, 0.2) is 47.4 Å². The van der Waals surface area contributed by atoms with Crippen molar-refractivity contribution in [1.82, 2.24) is 4.72 Å². The standard InChI is InChI=1S/C19H20N2O6S/c1-26-15-6-3-13(17(11-15)27-2)12-20-28(24,25)16-7-4-14(5-8-16)21-18(22)9-10-19(21)23/h3-8,11,20H,9-10,12H2,1-2H3. The monoisotopic (exact) mass is 404 g/mol. The van der Waals surface area contributed by atoms with Gasteiger partial charge in [-0.1, -0.05) is 6.07 Å². The van der Waals surface area contributed by atoms with Crippen molar-refractivity contribution in [2.45, 2.75) is 24.3 Å². The summed E-state index contributed by atoms with van der Waals surface area (Å²) in [5.41, 5.74) is 1.01. The highest BCUT2D eigenvalue weighted by atomic mass is 32.2. The summed E-state index contributed by atoms with van der Waals surface area (Å²) in [7, 11) is -0.767. The fourth-order valence-corrected chi connectivity index (χ4v) is 3.90. The van der Waals surface area contributed by atoms with E-state index in [-0.39, 0.29) is 36.1 Å². The van der Waals surface area contributed by atoms with Gasteiger partial charge in [-0.15, -0.1) is 0 Å². The molecule has 0 spiro atoms. The summed E-state index contributed by atoms with van der Waals surface area (Å²) in [4.78, 5) is 24.7. The van der Waals surface area contributed by atoms with E-state index in [9.17, 15) is 18.0 Å². The van der Waals surface area contributed by atoms with Crippen LogP contribution in [0.5, 0.6) is 11.5 Å². The summed E-state index contributed by atoms with van der Waals surface area (Å²) in [6.07, 6.45) is 0.342. The molecule has 3 rings (SSSR count). The maximum atomic E-state index is 12.6. The second-order valence-corrected chi connectivity index (χ2v) is 7.89. The van der Waals surface area contributed by atoms with Gasteiger partial charge in [0.15, 0.2) is 0 Å². The number of imide groups is 1. The van der Waals surface area contributed by atoms with Gasteiger partial charge in [0.2, 0.25) is 21.8 Å². The second-order valence-electron chi connectivity index (χ2n) is 6.12. The molecule has 2 aromatic carbocycles. The molecular formula is C19H20N2O6S. The van der Waals surface area contributed by atoms with Gasteiger partial charge < -0.3 is 9.47 Å². The van der Waals surface area contributed by atoms with E-state index < -0.39 is 10.0 Å². The van der Waals surface area contributed by atoms with Gasteiger partial charge in [0.1, 0.15) is 11.5 Å². The number of amides is 2. The summed E-state index contributed by atoms with van der Waals surface area (Å²) in [5, 5.41) is 0. The number of rotatable bonds is 7. The van der Waals surface area contributed by atoms with Crippen LogP contribution in [0.4, 0.5) is 5.69 Å². The second kappa shape index (κ2) is 7.99. The molecule has 1 aliphatic rings. The fraction of sp³-hybridized carbons (Fsp3) is 0.263. The van der Waals surface area contributed by atoms with Crippen molar-refractivity contribution in [1.29, 1.82) is 0 Å². The smallest absolute Gasteiger partial charge is 0.240 e. The van der Waals surface area contributed by atoms with Crippen molar-refractivity contribution in [2.75, 3.05) is 19.1 Å². The van der Waals surface area contributed by atoms with E-state index in [0.29, 0.717) is 22.7 Å². The maximum Gasteiger partial charge on any atom is 0.240 e. The highest BCUT2D eigenvalue weighted by molar-refractivity contribution is 7.89. The van der Waals surface area contributed by atoms with Gasteiger partial charge in [0.05, 0.1) is 24.8 Å². The molecule has 0 radical (unpaired) electrons. The molecule has 0 aliphatic carbocycles. The topological polar surface area (TPSA) is 102 Å². The number of hydrogen-bond donors (Lipinski definition) is 1. The number of carbonyl (C=O) groups excluding carboxylic acids is 2. The van der Waals surface area contributed by atoms with E-state index in [1.165, 1.54) is 38.5 Å². The number of nitrogens with one attached hydrogen (secondary N) is 1. The molecule has 1 saturated heterocycles. The molecular weight excluding hydrogens is 384 g/mol. The van der Waals surface area contributed by atoms with E-state index >= 15 is 0 Å². The largest absolute Gasteiger partial charge is 0.497 e. The molecule has 1 aliphatic heterocycles. The molecule has 0 bridgehead atoms. The van der Waals surface area contributed by atoms with Crippen LogP contribution in [0.2, 0.25) is 0 Å². The third kappa shape index (κ3) is 4.00. The van der Waals surface area contributed by atoms with Crippen LogP contribution in [0.25, 0.3) is 0 Å². The molecule has 0 saturated carbocycles. The van der Waals surface area contributed by atoms with Gasteiger partial charge in [-0.2, -0.15) is 0 Å². The third-order valence-electron chi connectivity index (χ3n) is 4.40. The minimum absolute atomic E-state index is 0.0281. The third-order valence-corrected chi connectivity index (χ3v) is 5.82. The predicted octanol–water partition coefficient (Wildman–Crippen LogP) is 1.84. The summed E-state index contributed by atoms with van der Waals surface area (Å²) >= 11 is 0. The molecule has 1 fully saturated rings. The molecule has 0 atom stereocenters. The first-order valence-corrected chi connectivity index (χ1v) is 10.0. The van der Waals surface area contributed by atoms with Crippen molar-refractivity contribution >= 4 is 27.5 Å². The molecule has 1 heterocycles. The Kier molecular flexibility index (Phi) is 5.66. The Morgan fingerprint density at radius 2 is 1.61 bits per heavy atom. The number of anilines is 1. The van der Waals surface area contributed by atoms with Crippen LogP contribution in [0.3, 0.4) is 0 Å². The zero-order chi connectivity index (χ0) is 20.3. The van der Waals surface area contributed by atoms with Gasteiger partial charge in [0.25, 0.3) is 0 Å². The van der Waals surface area contributed by atoms with E-state index in [1.807, 2.05) is 0 Å². The Bertz CT molecular complexity index is 986. The van der Waals surface area contributed by atoms with Crippen molar-refractivity contribution in [2.24, 2.45) is 0 Å². The van der Waals surface area contributed by atoms with Crippen molar-refractivity contribution in [3.63, 3.8) is 0 Å². The Morgan fingerprint density at radius 3 is 2.18 bits per heavy atom. The molecule has 9 heteroatoms. The predicted molar refractivity (Wildman–Crippen MR) is 102 cm³/mol. The Balaban J connectivity index is 1.75. The first-order valence-electron chi connectivity index (χ1n) is 8.52. The number of hydrogen-bond acceptors (Lipinski definition) is 6. The van der Waals surface area contributed by atoms with Crippen molar-refractivity contribution < 1.29 is 27.5 Å². The lowest BCUT2D eigenvalue weighted by Crippen LogP contribution is -2.28. The summed E-state index contributed by atoms with van der Waals surface area (Å²) in [5.74, 6) is 0.532. The lowest BCUT2D eigenvalue weighted by atomic mass is 10.2. The number of carbonyl (C=O) groups is 2. The lowest BCUT2D eigenvalue weighted by molar-refractivity contribution is -0.121. The fourth-order valence-electron chi connectivity index (χ4n) is 2.89. The van der Waals surface area contributed by atoms with Crippen molar-refractivity contribution in [3.05, 3.63) is 48.0 Å². The number of nitrogens with zero attached hydrogens (tertiary/aromatic N) is 1. The Hall–Kier alpha value is -2.91. The molecule has 2 amide bonds. The van der Waals surface area contributed by atoms with E-state index in [2.05, 4.69) is 4.72 Å². The molecule has 0 unspecified atom stereocenters. The normalized spacial score (nSPS) is 14.4. The molecule has 1 N–H and O–H groups in total. The average molecular weight is 404 g/mol. The maximum absolute atomic E-state index is 12.6. The molecule has 148 valence electrons. The molecule has 2 aromatic rings. The van der Waals surface area contributed by atoms with Gasteiger partial charge in [0, 0.05) is 31.0 Å². The minimum atomic E-state index is -3.79. The minimum Gasteiger partial charge on any atom is -0.497 e. The van der Waals surface area contributed by atoms with Gasteiger partial charge in [-0.3, -0.25) is 14.5 Å². The summed E-state index contributed by atoms with van der Waals surface area (Å²) < 4.78 is 38.0. The van der Waals surface area contributed by atoms with Crippen LogP contribution in [0, 0.1) is 0 Å². The SMILES string of the molecule is COc1ccc(CNS(=O)(=O)c2ccc(N3C(=O)CCC3=O)cc2)c(OC)c1. The first kappa shape index (κ1) is 19.8. The van der Waals surface area contributed by atoms with Crippen LogP contribution in [-0.4, -0.2) is 34.5 Å². The highest BCUT2D eigenvalue weighted by Crippen LogP contribution is 2.26. The lowest BCUT2D eigenvalue weighted by Gasteiger charge is -2.15. The van der Waals surface area contributed by atoms with Crippen LogP contribution < -0.4 is 19.1 Å². The zero-order valence-electron chi connectivity index (χ0n) is 15.5. The summed E-state index contributed by atoms with van der Waals surface area (Å²) in [6, 6.07) is 10.7. The first-order chi connectivity index (χ1) is 13.4. The van der Waals surface area contributed by atoms with Crippen LogP contribution >= 0.6 is 0 Å². The highest BCUT2D eigenvalue weighted by Gasteiger charge is 2.30. The zero-order valence-corrected chi connectivity index (χ0v) is 16.3. The number of benzene rings is 2. The summed E-state index contributed by atoms with van der Waals surface area (Å²) in [6.45, 7) is 0.0281. The number of ether oxygens (including phenoxy) is 2. The van der Waals surface area contributed by atoms with Gasteiger partial charge >= 0.3 is 0 Å². The van der Waals surface area contributed by atoms with E-state index in [0.717, 1.165) is 4.90 Å². The van der Waals surface area contributed by atoms with E-state index in [4.69, 9.17) is 9.47 Å². The van der Waals surface area contributed by atoms with Crippen LogP contribution in [-0.2, 0) is 26.2 Å². The van der Waals surface area contributed by atoms with Gasteiger partial charge in [-0.25, -0.2) is 13.1 Å².